The van der Waals surface area contributed by atoms with Crippen LogP contribution >= 0.6 is 0 Å². The Balaban J connectivity index is 0.000000360. The van der Waals surface area contributed by atoms with Crippen LogP contribution in [-0.4, -0.2) is 12.6 Å². The largest absolute Gasteiger partial charge is 0.344 e. The van der Waals surface area contributed by atoms with Crippen molar-refractivity contribution in [2.24, 2.45) is 0 Å². The minimum absolute atomic E-state index is 0. The molecule has 0 aromatic carbocycles. The van der Waals surface area contributed by atoms with Gasteiger partial charge >= 0.3 is 0 Å². The monoisotopic (exact) mass is 102 g/mol. The first-order chi connectivity index (χ1) is 2.89. The van der Waals surface area contributed by atoms with Crippen molar-refractivity contribution in [1.82, 2.24) is 11.5 Å². The first-order valence-corrected chi connectivity index (χ1v) is 2.63. The van der Waals surface area contributed by atoms with Gasteiger partial charge in [-0.15, -0.1) is 0 Å². The molecule has 0 aliphatic carbocycles. The van der Waals surface area contributed by atoms with E-state index < -0.39 is 0 Å². The summed E-state index contributed by atoms with van der Waals surface area (Å²) in [5, 5.41) is 3.32. The van der Waals surface area contributed by atoms with Crippen molar-refractivity contribution in [1.29, 1.82) is 0 Å². The summed E-state index contributed by atoms with van der Waals surface area (Å²) in [7, 11) is 0. The van der Waals surface area contributed by atoms with Gasteiger partial charge in [0.1, 0.15) is 0 Å². The fraction of sp³-hybridized carbons (Fsp3) is 1.00. The first kappa shape index (κ1) is 6.92. The molecule has 0 aromatic heterocycles. The lowest BCUT2D eigenvalue weighted by molar-refractivity contribution is 0.664. The van der Waals surface area contributed by atoms with E-state index in [1.165, 1.54) is 19.4 Å². The predicted molar refractivity (Wildman–Crippen MR) is 31.7 cm³/mol. The maximum Gasteiger partial charge on any atom is 0.00391 e. The number of hydrogen-bond donors (Lipinski definition) is 2. The Morgan fingerprint density at radius 1 is 1.57 bits per heavy atom. The van der Waals surface area contributed by atoms with E-state index in [0.29, 0.717) is 0 Å². The molecule has 1 aliphatic heterocycles. The van der Waals surface area contributed by atoms with Gasteiger partial charge in [-0.05, 0) is 26.3 Å². The van der Waals surface area contributed by atoms with Gasteiger partial charge in [0, 0.05) is 6.04 Å². The van der Waals surface area contributed by atoms with E-state index in [0.717, 1.165) is 6.04 Å². The molecule has 7 heavy (non-hydrogen) atoms. The summed E-state index contributed by atoms with van der Waals surface area (Å²) in [5.74, 6) is 0. The fourth-order valence-corrected chi connectivity index (χ4v) is 0.859. The third-order valence-corrected chi connectivity index (χ3v) is 1.31. The molecule has 0 aromatic rings. The molecule has 0 radical (unpaired) electrons. The van der Waals surface area contributed by atoms with Crippen LogP contribution in [0.3, 0.4) is 0 Å². The zero-order valence-corrected chi connectivity index (χ0v) is 4.91. The minimum atomic E-state index is 0. The molecule has 2 nitrogen and oxygen atoms in total. The van der Waals surface area contributed by atoms with Gasteiger partial charge in [-0.25, -0.2) is 0 Å². The third-order valence-electron chi connectivity index (χ3n) is 1.31. The maximum absolute atomic E-state index is 3.32. The first-order valence-electron chi connectivity index (χ1n) is 2.63. The van der Waals surface area contributed by atoms with Gasteiger partial charge in [-0.2, -0.15) is 0 Å². The molecule has 1 rings (SSSR count). The Morgan fingerprint density at radius 3 is 2.43 bits per heavy atom. The normalized spacial score (nSPS) is 29.6. The van der Waals surface area contributed by atoms with Gasteiger partial charge in [0.25, 0.3) is 0 Å². The molecule has 44 valence electrons. The average Bonchev–Trinajstić information content (AvgIpc) is 1.86. The van der Waals surface area contributed by atoms with E-state index in [-0.39, 0.29) is 6.15 Å². The Morgan fingerprint density at radius 2 is 2.29 bits per heavy atom. The molecular formula is C5H14N2. The summed E-state index contributed by atoms with van der Waals surface area (Å²) >= 11 is 0. The van der Waals surface area contributed by atoms with Crippen LogP contribution in [0.15, 0.2) is 0 Å². The Kier molecular flexibility index (Phi) is 2.96. The SMILES string of the molecule is CC1CCCN1.N. The van der Waals surface area contributed by atoms with Crippen LogP contribution in [0, 0.1) is 0 Å². The lowest BCUT2D eigenvalue weighted by atomic mass is 10.3. The van der Waals surface area contributed by atoms with Crippen LogP contribution in [0.5, 0.6) is 0 Å². The van der Waals surface area contributed by atoms with Crippen molar-refractivity contribution in [3.63, 3.8) is 0 Å². The molecule has 0 bridgehead atoms. The van der Waals surface area contributed by atoms with Gasteiger partial charge in [0.2, 0.25) is 0 Å². The van der Waals surface area contributed by atoms with Crippen molar-refractivity contribution >= 4 is 0 Å². The van der Waals surface area contributed by atoms with E-state index >= 15 is 0 Å². The quantitative estimate of drug-likeness (QED) is 0.477. The topological polar surface area (TPSA) is 47.0 Å². The smallest absolute Gasteiger partial charge is 0.00391 e. The molecular weight excluding hydrogens is 88.1 g/mol. The van der Waals surface area contributed by atoms with E-state index in [2.05, 4.69) is 12.2 Å². The Bertz CT molecular complexity index is 39.3. The van der Waals surface area contributed by atoms with Crippen LogP contribution in [0.1, 0.15) is 19.8 Å². The van der Waals surface area contributed by atoms with Gasteiger partial charge in [-0.3, -0.25) is 0 Å². The number of rotatable bonds is 0. The third kappa shape index (κ3) is 1.90. The molecule has 0 spiro atoms. The van der Waals surface area contributed by atoms with Crippen LogP contribution < -0.4 is 11.5 Å². The minimum Gasteiger partial charge on any atom is -0.344 e. The van der Waals surface area contributed by atoms with E-state index in [1.54, 1.807) is 0 Å². The highest BCUT2D eigenvalue weighted by Gasteiger charge is 2.05. The van der Waals surface area contributed by atoms with E-state index in [1.807, 2.05) is 0 Å². The fourth-order valence-electron chi connectivity index (χ4n) is 0.859. The maximum atomic E-state index is 3.32. The van der Waals surface area contributed by atoms with Crippen molar-refractivity contribution in [3.8, 4) is 0 Å². The predicted octanol–water partition coefficient (Wildman–Crippen LogP) is 0.920. The Hall–Kier alpha value is -0.0800. The Labute approximate surface area is 44.9 Å². The van der Waals surface area contributed by atoms with Crippen molar-refractivity contribution in [3.05, 3.63) is 0 Å². The molecule has 4 N–H and O–H groups in total. The van der Waals surface area contributed by atoms with Crippen molar-refractivity contribution < 1.29 is 0 Å². The standard InChI is InChI=1S/C5H11N.H3N/c1-5-3-2-4-6-5;/h5-6H,2-4H2,1H3;1H3. The van der Waals surface area contributed by atoms with Gasteiger partial charge in [-0.1, -0.05) is 0 Å². The lowest BCUT2D eigenvalue weighted by Gasteiger charge is -1.95. The zero-order chi connectivity index (χ0) is 4.41. The second-order valence-corrected chi connectivity index (χ2v) is 2.00. The highest BCUT2D eigenvalue weighted by Crippen LogP contribution is 2.01. The number of hydrogen-bond acceptors (Lipinski definition) is 2. The molecule has 0 amide bonds. The van der Waals surface area contributed by atoms with Gasteiger partial charge in [0.15, 0.2) is 0 Å². The summed E-state index contributed by atoms with van der Waals surface area (Å²) in [6.45, 7) is 3.47. The molecule has 2 heteroatoms. The van der Waals surface area contributed by atoms with Crippen LogP contribution in [-0.2, 0) is 0 Å². The molecule has 1 aliphatic rings. The highest BCUT2D eigenvalue weighted by molar-refractivity contribution is 4.67. The van der Waals surface area contributed by atoms with Crippen molar-refractivity contribution in [2.75, 3.05) is 6.54 Å². The summed E-state index contributed by atoms with van der Waals surface area (Å²) in [6.07, 6.45) is 2.75. The average molecular weight is 102 g/mol. The summed E-state index contributed by atoms with van der Waals surface area (Å²) in [6, 6.07) is 0.796. The summed E-state index contributed by atoms with van der Waals surface area (Å²) in [4.78, 5) is 0. The van der Waals surface area contributed by atoms with E-state index in [4.69, 9.17) is 0 Å². The molecule has 1 fully saturated rings. The zero-order valence-electron chi connectivity index (χ0n) is 4.91. The lowest BCUT2D eigenvalue weighted by Crippen LogP contribution is -2.16. The molecule has 1 unspecified atom stereocenters. The molecule has 1 atom stereocenters. The van der Waals surface area contributed by atoms with E-state index in [9.17, 15) is 0 Å². The number of nitrogens with one attached hydrogen (secondary N) is 1. The van der Waals surface area contributed by atoms with Crippen LogP contribution in [0.2, 0.25) is 0 Å². The molecule has 1 saturated heterocycles. The van der Waals surface area contributed by atoms with Crippen LogP contribution in [0.4, 0.5) is 0 Å². The second-order valence-electron chi connectivity index (χ2n) is 2.00. The second kappa shape index (κ2) is 2.99. The van der Waals surface area contributed by atoms with Gasteiger partial charge in [0.05, 0.1) is 0 Å². The summed E-state index contributed by atoms with van der Waals surface area (Å²) < 4.78 is 0. The van der Waals surface area contributed by atoms with Crippen LogP contribution in [0.25, 0.3) is 0 Å². The van der Waals surface area contributed by atoms with Gasteiger partial charge < -0.3 is 11.5 Å². The molecule has 0 saturated carbocycles. The molecule has 1 heterocycles. The summed E-state index contributed by atoms with van der Waals surface area (Å²) in [5.41, 5.74) is 0. The highest BCUT2D eigenvalue weighted by atomic mass is 14.9. The van der Waals surface area contributed by atoms with Crippen molar-refractivity contribution in [2.45, 2.75) is 25.8 Å².